The Morgan fingerprint density at radius 3 is 2.40 bits per heavy atom. The summed E-state index contributed by atoms with van der Waals surface area (Å²) in [6, 6.07) is 8.00. The van der Waals surface area contributed by atoms with Crippen LogP contribution in [0.2, 0.25) is 0 Å². The molecule has 0 saturated carbocycles. The van der Waals surface area contributed by atoms with Gasteiger partial charge >= 0.3 is 0 Å². The van der Waals surface area contributed by atoms with Crippen LogP contribution in [0.15, 0.2) is 24.3 Å². The molecule has 1 rings (SSSR count). The minimum absolute atomic E-state index is 0.188. The lowest BCUT2D eigenvalue weighted by molar-refractivity contribution is 0.177. The smallest absolute Gasteiger partial charge is 0.123 e. The van der Waals surface area contributed by atoms with Gasteiger partial charge in [-0.05, 0) is 27.1 Å². The Morgan fingerprint density at radius 2 is 1.93 bits per heavy atom. The number of nitrogens with two attached hydrogens (primary N) is 1. The second kappa shape index (κ2) is 4.64. The van der Waals surface area contributed by atoms with Gasteiger partial charge in [0.15, 0.2) is 0 Å². The minimum atomic E-state index is -0.188. The van der Waals surface area contributed by atoms with E-state index in [4.69, 9.17) is 10.5 Å². The van der Waals surface area contributed by atoms with E-state index in [2.05, 4.69) is 17.9 Å². The van der Waals surface area contributed by atoms with Crippen LogP contribution in [0.25, 0.3) is 0 Å². The quantitative estimate of drug-likeness (QED) is 0.813. The van der Waals surface area contributed by atoms with Crippen LogP contribution in [0.4, 0.5) is 0 Å². The molecule has 0 aliphatic rings. The lowest BCUT2D eigenvalue weighted by Gasteiger charge is -2.36. The molecule has 1 unspecified atom stereocenters. The molecule has 1 atom stereocenters. The number of methoxy groups -OCH3 is 1. The zero-order chi connectivity index (χ0) is 11.5. The molecule has 0 radical (unpaired) electrons. The van der Waals surface area contributed by atoms with Crippen LogP contribution in [0.3, 0.4) is 0 Å². The molecule has 0 fully saturated rings. The van der Waals surface area contributed by atoms with Crippen LogP contribution >= 0.6 is 0 Å². The molecule has 0 amide bonds. The Kier molecular flexibility index (Phi) is 3.72. The number of hydrogen-bond donors (Lipinski definition) is 1. The van der Waals surface area contributed by atoms with Crippen molar-refractivity contribution >= 4 is 0 Å². The maximum atomic E-state index is 5.87. The summed E-state index contributed by atoms with van der Waals surface area (Å²) in [6.07, 6.45) is 0. The van der Waals surface area contributed by atoms with Gasteiger partial charge in [-0.25, -0.2) is 0 Å². The van der Waals surface area contributed by atoms with E-state index in [-0.39, 0.29) is 5.54 Å². The third-order valence-corrected chi connectivity index (χ3v) is 3.07. The molecule has 1 aromatic carbocycles. The van der Waals surface area contributed by atoms with Crippen molar-refractivity contribution in [2.24, 2.45) is 5.73 Å². The normalized spacial score (nSPS) is 15.1. The fourth-order valence-electron chi connectivity index (χ4n) is 1.62. The van der Waals surface area contributed by atoms with Gasteiger partial charge in [-0.3, -0.25) is 4.90 Å². The first-order valence-corrected chi connectivity index (χ1v) is 5.07. The lowest BCUT2D eigenvalue weighted by atomic mass is 9.90. The molecule has 0 heterocycles. The predicted molar refractivity (Wildman–Crippen MR) is 63.1 cm³/mol. The first kappa shape index (κ1) is 12.0. The molecule has 3 nitrogen and oxygen atoms in total. The summed E-state index contributed by atoms with van der Waals surface area (Å²) >= 11 is 0. The highest BCUT2D eigenvalue weighted by atomic mass is 16.5. The Balaban J connectivity index is 3.23. The minimum Gasteiger partial charge on any atom is -0.496 e. The van der Waals surface area contributed by atoms with Crippen LogP contribution in [0, 0.1) is 0 Å². The summed E-state index contributed by atoms with van der Waals surface area (Å²) in [5.41, 5.74) is 6.80. The standard InChI is InChI=1S/C12H20N2O/c1-12(9-13,14(2)3)10-7-5-6-8-11(10)15-4/h5-8H,9,13H2,1-4H3. The van der Waals surface area contributed by atoms with Crippen LogP contribution < -0.4 is 10.5 Å². The number of benzene rings is 1. The van der Waals surface area contributed by atoms with E-state index < -0.39 is 0 Å². The third-order valence-electron chi connectivity index (χ3n) is 3.07. The largest absolute Gasteiger partial charge is 0.496 e. The third kappa shape index (κ3) is 2.13. The van der Waals surface area contributed by atoms with Crippen molar-refractivity contribution in [3.8, 4) is 5.75 Å². The molecule has 15 heavy (non-hydrogen) atoms. The van der Waals surface area contributed by atoms with Gasteiger partial charge in [-0.1, -0.05) is 18.2 Å². The van der Waals surface area contributed by atoms with Crippen molar-refractivity contribution in [2.75, 3.05) is 27.7 Å². The van der Waals surface area contributed by atoms with Gasteiger partial charge in [-0.2, -0.15) is 0 Å². The monoisotopic (exact) mass is 208 g/mol. The van der Waals surface area contributed by atoms with Gasteiger partial charge in [0.1, 0.15) is 5.75 Å². The maximum Gasteiger partial charge on any atom is 0.123 e. The van der Waals surface area contributed by atoms with Crippen molar-refractivity contribution in [3.63, 3.8) is 0 Å². The van der Waals surface area contributed by atoms with E-state index in [1.165, 1.54) is 0 Å². The number of ether oxygens (including phenoxy) is 1. The summed E-state index contributed by atoms with van der Waals surface area (Å²) in [4.78, 5) is 2.12. The molecular weight excluding hydrogens is 188 g/mol. The summed E-state index contributed by atoms with van der Waals surface area (Å²) in [5.74, 6) is 0.888. The van der Waals surface area contributed by atoms with Gasteiger partial charge in [0, 0.05) is 12.1 Å². The van der Waals surface area contributed by atoms with E-state index in [1.54, 1.807) is 7.11 Å². The molecule has 0 spiro atoms. The van der Waals surface area contributed by atoms with Crippen LogP contribution in [-0.4, -0.2) is 32.6 Å². The lowest BCUT2D eigenvalue weighted by Crippen LogP contribution is -2.45. The summed E-state index contributed by atoms with van der Waals surface area (Å²) in [5, 5.41) is 0. The molecule has 0 aromatic heterocycles. The topological polar surface area (TPSA) is 38.5 Å². The average Bonchev–Trinajstić information content (AvgIpc) is 2.27. The summed E-state index contributed by atoms with van der Waals surface area (Å²) < 4.78 is 5.36. The molecule has 0 aliphatic carbocycles. The van der Waals surface area contributed by atoms with Crippen LogP contribution in [0.5, 0.6) is 5.75 Å². The van der Waals surface area contributed by atoms with Crippen molar-refractivity contribution < 1.29 is 4.74 Å². The molecule has 0 bridgehead atoms. The van der Waals surface area contributed by atoms with E-state index >= 15 is 0 Å². The van der Waals surface area contributed by atoms with Gasteiger partial charge in [0.05, 0.1) is 12.6 Å². The molecule has 0 saturated heterocycles. The number of nitrogens with zero attached hydrogens (tertiary/aromatic N) is 1. The van der Waals surface area contributed by atoms with Gasteiger partial charge < -0.3 is 10.5 Å². The second-order valence-corrected chi connectivity index (χ2v) is 4.07. The fraction of sp³-hybridized carbons (Fsp3) is 0.500. The average molecular weight is 208 g/mol. The van der Waals surface area contributed by atoms with Crippen molar-refractivity contribution in [3.05, 3.63) is 29.8 Å². The zero-order valence-electron chi connectivity index (χ0n) is 9.95. The Morgan fingerprint density at radius 1 is 1.33 bits per heavy atom. The fourth-order valence-corrected chi connectivity index (χ4v) is 1.62. The molecular formula is C12H20N2O. The molecule has 84 valence electrons. The zero-order valence-corrected chi connectivity index (χ0v) is 9.95. The molecule has 3 heteroatoms. The first-order valence-electron chi connectivity index (χ1n) is 5.07. The molecule has 0 aliphatic heterocycles. The van der Waals surface area contributed by atoms with Crippen molar-refractivity contribution in [1.29, 1.82) is 0 Å². The Labute approximate surface area is 91.8 Å². The number of hydrogen-bond acceptors (Lipinski definition) is 3. The van der Waals surface area contributed by atoms with E-state index in [1.807, 2.05) is 32.3 Å². The number of likely N-dealkylation sites (N-methyl/N-ethyl adjacent to an activating group) is 1. The Hall–Kier alpha value is -1.06. The molecule has 2 N–H and O–H groups in total. The maximum absolute atomic E-state index is 5.87. The van der Waals surface area contributed by atoms with E-state index in [9.17, 15) is 0 Å². The highest BCUT2D eigenvalue weighted by Crippen LogP contribution is 2.32. The predicted octanol–water partition coefficient (Wildman–Crippen LogP) is 1.43. The van der Waals surface area contributed by atoms with Crippen LogP contribution in [-0.2, 0) is 5.54 Å². The number of rotatable bonds is 4. The van der Waals surface area contributed by atoms with E-state index in [0.717, 1.165) is 11.3 Å². The van der Waals surface area contributed by atoms with Gasteiger partial charge in [0.25, 0.3) is 0 Å². The van der Waals surface area contributed by atoms with Crippen LogP contribution in [0.1, 0.15) is 12.5 Å². The summed E-state index contributed by atoms with van der Waals surface area (Å²) in [7, 11) is 5.74. The highest BCUT2D eigenvalue weighted by Gasteiger charge is 2.30. The van der Waals surface area contributed by atoms with Gasteiger partial charge in [-0.15, -0.1) is 0 Å². The SMILES string of the molecule is COc1ccccc1C(C)(CN)N(C)C. The Bertz CT molecular complexity index is 325. The van der Waals surface area contributed by atoms with Crippen molar-refractivity contribution in [1.82, 2.24) is 4.90 Å². The van der Waals surface area contributed by atoms with E-state index in [0.29, 0.717) is 6.54 Å². The van der Waals surface area contributed by atoms with Gasteiger partial charge in [0.2, 0.25) is 0 Å². The highest BCUT2D eigenvalue weighted by molar-refractivity contribution is 5.39. The second-order valence-electron chi connectivity index (χ2n) is 4.07. The molecule has 1 aromatic rings. The summed E-state index contributed by atoms with van der Waals surface area (Å²) in [6.45, 7) is 2.67. The van der Waals surface area contributed by atoms with Crippen molar-refractivity contribution in [2.45, 2.75) is 12.5 Å². The first-order chi connectivity index (χ1) is 7.06. The number of para-hydroxylation sites is 1.